The molecule has 1 aliphatic heterocycles. The van der Waals surface area contributed by atoms with Crippen molar-refractivity contribution in [3.05, 3.63) is 35.9 Å². The van der Waals surface area contributed by atoms with E-state index in [0.29, 0.717) is 13.0 Å². The Morgan fingerprint density at radius 3 is 2.65 bits per heavy atom. The van der Waals surface area contributed by atoms with E-state index in [9.17, 15) is 14.7 Å². The second-order valence-electron chi connectivity index (χ2n) is 5.17. The zero-order valence-electron chi connectivity index (χ0n) is 11.4. The molecule has 5 heteroatoms. The third-order valence-electron chi connectivity index (χ3n) is 3.47. The summed E-state index contributed by atoms with van der Waals surface area (Å²) >= 11 is 0. The molecule has 0 spiro atoms. The summed E-state index contributed by atoms with van der Waals surface area (Å²) in [5, 5.41) is 11.8. The largest absolute Gasteiger partial charge is 0.480 e. The van der Waals surface area contributed by atoms with Gasteiger partial charge in [0.25, 0.3) is 0 Å². The van der Waals surface area contributed by atoms with Crippen molar-refractivity contribution in [2.45, 2.75) is 31.9 Å². The van der Waals surface area contributed by atoms with Crippen LogP contribution in [0, 0.1) is 5.92 Å². The van der Waals surface area contributed by atoms with Gasteiger partial charge in [-0.15, -0.1) is 0 Å². The number of amides is 1. The fourth-order valence-corrected chi connectivity index (χ4v) is 2.34. The molecule has 3 atom stereocenters. The molecule has 2 rings (SSSR count). The van der Waals surface area contributed by atoms with Crippen LogP contribution in [0.5, 0.6) is 0 Å². The van der Waals surface area contributed by atoms with Crippen LogP contribution in [0.15, 0.2) is 30.3 Å². The monoisotopic (exact) mass is 277 g/mol. The number of hydrogen-bond donors (Lipinski definition) is 2. The summed E-state index contributed by atoms with van der Waals surface area (Å²) in [6.07, 6.45) is 0.984. The Bertz CT molecular complexity index is 474. The molecule has 2 N–H and O–H groups in total. The highest BCUT2D eigenvalue weighted by Gasteiger charge is 2.31. The molecule has 20 heavy (non-hydrogen) atoms. The van der Waals surface area contributed by atoms with Gasteiger partial charge in [0.2, 0.25) is 5.91 Å². The highest BCUT2D eigenvalue weighted by molar-refractivity contribution is 5.85. The molecular formula is C15H19NO4. The van der Waals surface area contributed by atoms with Gasteiger partial charge in [-0.2, -0.15) is 0 Å². The predicted molar refractivity (Wildman–Crippen MR) is 73.2 cm³/mol. The molecule has 0 aromatic heterocycles. The Morgan fingerprint density at radius 2 is 2.10 bits per heavy atom. The third-order valence-corrected chi connectivity index (χ3v) is 3.47. The molecule has 0 radical (unpaired) electrons. The summed E-state index contributed by atoms with van der Waals surface area (Å²) in [7, 11) is 0. The van der Waals surface area contributed by atoms with Gasteiger partial charge in [0, 0.05) is 6.42 Å². The number of carboxylic acid groups (broad SMARTS) is 1. The van der Waals surface area contributed by atoms with Crippen molar-refractivity contribution in [1.82, 2.24) is 5.32 Å². The van der Waals surface area contributed by atoms with E-state index in [-0.39, 0.29) is 24.3 Å². The first kappa shape index (κ1) is 14.5. The van der Waals surface area contributed by atoms with Crippen molar-refractivity contribution in [3.8, 4) is 0 Å². The first-order valence-corrected chi connectivity index (χ1v) is 6.75. The number of carbonyl (C=O) groups excluding carboxylic acids is 1. The molecule has 108 valence electrons. The van der Waals surface area contributed by atoms with Crippen molar-refractivity contribution in [3.63, 3.8) is 0 Å². The SMILES string of the molecule is CC1CC(C(=O)N[C@@H](Cc2ccccc2)C(=O)O)CO1. The fraction of sp³-hybridized carbons (Fsp3) is 0.467. The van der Waals surface area contributed by atoms with Crippen molar-refractivity contribution in [1.29, 1.82) is 0 Å². The van der Waals surface area contributed by atoms with Gasteiger partial charge in [0.05, 0.1) is 18.6 Å². The van der Waals surface area contributed by atoms with Crippen LogP contribution in [0.2, 0.25) is 0 Å². The van der Waals surface area contributed by atoms with E-state index >= 15 is 0 Å². The van der Waals surface area contributed by atoms with Crippen LogP contribution in [0.3, 0.4) is 0 Å². The molecule has 1 saturated heterocycles. The highest BCUT2D eigenvalue weighted by atomic mass is 16.5. The minimum atomic E-state index is -1.02. The van der Waals surface area contributed by atoms with Crippen LogP contribution >= 0.6 is 0 Å². The molecule has 2 unspecified atom stereocenters. The first-order valence-electron chi connectivity index (χ1n) is 6.75. The quantitative estimate of drug-likeness (QED) is 0.848. The average Bonchev–Trinajstić information content (AvgIpc) is 2.86. The van der Waals surface area contributed by atoms with Crippen LogP contribution in [-0.4, -0.2) is 35.7 Å². The summed E-state index contributed by atoms with van der Waals surface area (Å²) in [6.45, 7) is 2.27. The molecule has 1 amide bonds. The maximum absolute atomic E-state index is 12.0. The normalized spacial score (nSPS) is 23.2. The van der Waals surface area contributed by atoms with Gasteiger partial charge >= 0.3 is 5.97 Å². The minimum absolute atomic E-state index is 0.0585. The molecule has 0 aliphatic carbocycles. The number of ether oxygens (including phenoxy) is 1. The fourth-order valence-electron chi connectivity index (χ4n) is 2.34. The average molecular weight is 277 g/mol. The lowest BCUT2D eigenvalue weighted by atomic mass is 10.0. The lowest BCUT2D eigenvalue weighted by molar-refractivity contribution is -0.142. The number of carboxylic acids is 1. The summed E-state index contributed by atoms with van der Waals surface area (Å²) in [5.74, 6) is -1.51. The van der Waals surface area contributed by atoms with E-state index in [4.69, 9.17) is 4.74 Å². The van der Waals surface area contributed by atoms with Crippen molar-refractivity contribution in [2.24, 2.45) is 5.92 Å². The van der Waals surface area contributed by atoms with Crippen LogP contribution in [0.25, 0.3) is 0 Å². The van der Waals surface area contributed by atoms with Crippen LogP contribution in [0.4, 0.5) is 0 Å². The molecule has 1 aromatic carbocycles. The van der Waals surface area contributed by atoms with E-state index in [1.165, 1.54) is 0 Å². The van der Waals surface area contributed by atoms with E-state index in [1.807, 2.05) is 37.3 Å². The standard InChI is InChI=1S/C15H19NO4/c1-10-7-12(9-20-10)14(17)16-13(15(18)19)8-11-5-3-2-4-6-11/h2-6,10,12-13H,7-9H2,1H3,(H,16,17)(H,18,19)/t10?,12?,13-/m0/s1. The van der Waals surface area contributed by atoms with Gasteiger partial charge in [-0.1, -0.05) is 30.3 Å². The second-order valence-corrected chi connectivity index (χ2v) is 5.17. The van der Waals surface area contributed by atoms with Gasteiger partial charge in [-0.05, 0) is 18.9 Å². The van der Waals surface area contributed by atoms with E-state index in [1.54, 1.807) is 0 Å². The molecule has 1 aromatic rings. The van der Waals surface area contributed by atoms with Crippen LogP contribution < -0.4 is 5.32 Å². The van der Waals surface area contributed by atoms with Gasteiger partial charge in [0.15, 0.2) is 0 Å². The molecule has 1 heterocycles. The van der Waals surface area contributed by atoms with Gasteiger partial charge in [-0.3, -0.25) is 4.79 Å². The van der Waals surface area contributed by atoms with Crippen molar-refractivity contribution >= 4 is 11.9 Å². The Kier molecular flexibility index (Phi) is 4.74. The van der Waals surface area contributed by atoms with Crippen LogP contribution in [0.1, 0.15) is 18.9 Å². The highest BCUT2D eigenvalue weighted by Crippen LogP contribution is 2.19. The van der Waals surface area contributed by atoms with Gasteiger partial charge in [-0.25, -0.2) is 4.79 Å². The summed E-state index contributed by atoms with van der Waals surface area (Å²) < 4.78 is 5.34. The van der Waals surface area contributed by atoms with E-state index < -0.39 is 12.0 Å². The van der Waals surface area contributed by atoms with Gasteiger partial charge in [0.1, 0.15) is 6.04 Å². The molecule has 5 nitrogen and oxygen atoms in total. The van der Waals surface area contributed by atoms with Gasteiger partial charge < -0.3 is 15.2 Å². The maximum atomic E-state index is 12.0. The van der Waals surface area contributed by atoms with Crippen LogP contribution in [-0.2, 0) is 20.7 Å². The topological polar surface area (TPSA) is 75.6 Å². The molecule has 1 fully saturated rings. The van der Waals surface area contributed by atoms with E-state index in [0.717, 1.165) is 5.56 Å². The third kappa shape index (κ3) is 3.81. The lowest BCUT2D eigenvalue weighted by Crippen LogP contribution is -2.45. The summed E-state index contributed by atoms with van der Waals surface area (Å²) in [4.78, 5) is 23.3. The molecule has 0 bridgehead atoms. The number of nitrogens with one attached hydrogen (secondary N) is 1. The predicted octanol–water partition coefficient (Wildman–Crippen LogP) is 1.22. The second kappa shape index (κ2) is 6.52. The number of hydrogen-bond acceptors (Lipinski definition) is 3. The first-order chi connectivity index (χ1) is 9.56. The number of rotatable bonds is 5. The number of aliphatic carboxylic acids is 1. The van der Waals surface area contributed by atoms with Crippen molar-refractivity contribution in [2.75, 3.05) is 6.61 Å². The summed E-state index contributed by atoms with van der Waals surface area (Å²) in [5.41, 5.74) is 0.885. The zero-order valence-corrected chi connectivity index (χ0v) is 11.4. The maximum Gasteiger partial charge on any atom is 0.326 e. The smallest absolute Gasteiger partial charge is 0.326 e. The summed E-state index contributed by atoms with van der Waals surface area (Å²) in [6, 6.07) is 8.37. The Labute approximate surface area is 117 Å². The molecular weight excluding hydrogens is 258 g/mol. The lowest BCUT2D eigenvalue weighted by Gasteiger charge is -2.17. The van der Waals surface area contributed by atoms with Crippen molar-refractivity contribution < 1.29 is 19.4 Å². The minimum Gasteiger partial charge on any atom is -0.480 e. The Hall–Kier alpha value is -1.88. The number of carbonyl (C=O) groups is 2. The Morgan fingerprint density at radius 1 is 1.40 bits per heavy atom. The van der Waals surface area contributed by atoms with E-state index in [2.05, 4.69) is 5.32 Å². The molecule has 1 aliphatic rings. The zero-order chi connectivity index (χ0) is 14.5. The molecule has 0 saturated carbocycles. The Balaban J connectivity index is 1.96. The number of benzene rings is 1.